The van der Waals surface area contributed by atoms with Crippen LogP contribution in [-0.4, -0.2) is 66.5 Å². The van der Waals surface area contributed by atoms with Gasteiger partial charge >= 0.3 is 0 Å². The van der Waals surface area contributed by atoms with Crippen molar-refractivity contribution >= 4 is 5.91 Å². The summed E-state index contributed by atoms with van der Waals surface area (Å²) in [4.78, 5) is 23.6. The third-order valence-electron chi connectivity index (χ3n) is 5.53. The first-order valence-electron chi connectivity index (χ1n) is 10.5. The minimum Gasteiger partial charge on any atom is -0.481 e. The van der Waals surface area contributed by atoms with Crippen LogP contribution in [0.4, 0.5) is 0 Å². The van der Waals surface area contributed by atoms with Gasteiger partial charge in [0.25, 0.3) is 5.91 Å². The minimum atomic E-state index is -0.125. The molecule has 1 amide bonds. The largest absolute Gasteiger partial charge is 0.481 e. The van der Waals surface area contributed by atoms with Crippen LogP contribution in [0.25, 0.3) is 0 Å². The van der Waals surface area contributed by atoms with E-state index in [0.717, 1.165) is 25.4 Å². The fourth-order valence-corrected chi connectivity index (χ4v) is 3.62. The van der Waals surface area contributed by atoms with Gasteiger partial charge in [-0.3, -0.25) is 4.79 Å². The summed E-state index contributed by atoms with van der Waals surface area (Å²) in [6, 6.07) is 3.34. The predicted octanol–water partition coefficient (Wildman–Crippen LogP) is 2.47. The van der Waals surface area contributed by atoms with Gasteiger partial charge in [0.15, 0.2) is 5.82 Å². The number of likely N-dealkylation sites (tertiary alicyclic amines) is 1. The van der Waals surface area contributed by atoms with Crippen LogP contribution in [0.2, 0.25) is 0 Å². The lowest BCUT2D eigenvalue weighted by Crippen LogP contribution is -2.39. The zero-order valence-electron chi connectivity index (χ0n) is 17.5. The molecule has 0 N–H and O–H groups in total. The van der Waals surface area contributed by atoms with Crippen molar-refractivity contribution in [2.24, 2.45) is 5.92 Å². The summed E-state index contributed by atoms with van der Waals surface area (Å²) >= 11 is 0. The van der Waals surface area contributed by atoms with Gasteiger partial charge in [0, 0.05) is 32.2 Å². The Kier molecular flexibility index (Phi) is 6.47. The fraction of sp³-hybridized carbons (Fsp3) is 0.619. The van der Waals surface area contributed by atoms with E-state index < -0.39 is 0 Å². The molecule has 2 aliphatic rings. The van der Waals surface area contributed by atoms with Crippen molar-refractivity contribution in [2.45, 2.75) is 38.0 Å². The fourth-order valence-electron chi connectivity index (χ4n) is 3.62. The van der Waals surface area contributed by atoms with Gasteiger partial charge in [0.2, 0.25) is 17.7 Å². The van der Waals surface area contributed by atoms with E-state index in [-0.39, 0.29) is 17.7 Å². The lowest BCUT2D eigenvalue weighted by Gasteiger charge is -2.31. The second-order valence-electron chi connectivity index (χ2n) is 7.82. The minimum absolute atomic E-state index is 0.0218. The van der Waals surface area contributed by atoms with Crippen molar-refractivity contribution in [3.63, 3.8) is 0 Å². The van der Waals surface area contributed by atoms with Crippen LogP contribution < -0.4 is 9.47 Å². The molecule has 30 heavy (non-hydrogen) atoms. The standard InChI is InChI=1S/C21H28N4O5/c1-27-18-8-7-16(20(23-18)28-2)21(26)25-10-3-4-15(12-25)19-22-17(24-30-19)9-11-29-13-14-5-6-14/h7-8,14-15H,3-6,9-13H2,1-2H3. The molecule has 3 heterocycles. The molecule has 0 radical (unpaired) electrons. The van der Waals surface area contributed by atoms with Gasteiger partial charge in [0.05, 0.1) is 26.7 Å². The maximum absolute atomic E-state index is 13.1. The Morgan fingerprint density at radius 2 is 2.07 bits per heavy atom. The van der Waals surface area contributed by atoms with Crippen molar-refractivity contribution in [3.8, 4) is 11.8 Å². The first-order valence-corrected chi connectivity index (χ1v) is 10.5. The average molecular weight is 416 g/mol. The molecule has 0 spiro atoms. The number of hydrogen-bond donors (Lipinski definition) is 0. The number of rotatable bonds is 9. The summed E-state index contributed by atoms with van der Waals surface area (Å²) in [5, 5.41) is 4.08. The maximum Gasteiger partial charge on any atom is 0.259 e. The van der Waals surface area contributed by atoms with E-state index in [0.29, 0.717) is 49.3 Å². The van der Waals surface area contributed by atoms with Crippen LogP contribution >= 0.6 is 0 Å². The monoisotopic (exact) mass is 416 g/mol. The quantitative estimate of drug-likeness (QED) is 0.575. The molecule has 2 aromatic heterocycles. The summed E-state index contributed by atoms with van der Waals surface area (Å²) < 4.78 is 21.5. The Labute approximate surface area is 175 Å². The highest BCUT2D eigenvalue weighted by Crippen LogP contribution is 2.30. The molecule has 1 saturated carbocycles. The summed E-state index contributed by atoms with van der Waals surface area (Å²) in [5.74, 6) is 2.55. The number of carbonyl (C=O) groups excluding carboxylic acids is 1. The van der Waals surface area contributed by atoms with Gasteiger partial charge in [-0.2, -0.15) is 9.97 Å². The van der Waals surface area contributed by atoms with Gasteiger partial charge in [-0.15, -0.1) is 0 Å². The number of ether oxygens (including phenoxy) is 3. The Balaban J connectivity index is 1.36. The lowest BCUT2D eigenvalue weighted by atomic mass is 9.97. The van der Waals surface area contributed by atoms with Crippen molar-refractivity contribution in [3.05, 3.63) is 29.4 Å². The molecule has 2 fully saturated rings. The number of hydrogen-bond acceptors (Lipinski definition) is 8. The number of amides is 1. The molecule has 1 saturated heterocycles. The highest BCUT2D eigenvalue weighted by molar-refractivity contribution is 5.96. The molecule has 1 aliphatic heterocycles. The van der Waals surface area contributed by atoms with Gasteiger partial charge in [-0.05, 0) is 37.7 Å². The first kappa shape index (κ1) is 20.6. The third kappa shape index (κ3) is 4.89. The second kappa shape index (κ2) is 9.42. The van der Waals surface area contributed by atoms with E-state index in [1.165, 1.54) is 27.1 Å². The van der Waals surface area contributed by atoms with Gasteiger partial charge in [0.1, 0.15) is 5.56 Å². The van der Waals surface area contributed by atoms with E-state index in [4.69, 9.17) is 18.7 Å². The summed E-state index contributed by atoms with van der Waals surface area (Å²) in [6.07, 6.45) is 4.97. The Bertz CT molecular complexity index is 867. The SMILES string of the molecule is COc1ccc(C(=O)N2CCCC(c3nc(CCOCC4CC4)no3)C2)c(OC)n1. The molecule has 1 aliphatic carbocycles. The molecule has 1 atom stereocenters. The summed E-state index contributed by atoms with van der Waals surface area (Å²) in [5.41, 5.74) is 0.415. The molecule has 162 valence electrons. The van der Waals surface area contributed by atoms with Gasteiger partial charge in [-0.25, -0.2) is 0 Å². The van der Waals surface area contributed by atoms with Crippen molar-refractivity contribution < 1.29 is 23.5 Å². The normalized spacial score (nSPS) is 19.0. The summed E-state index contributed by atoms with van der Waals surface area (Å²) in [6.45, 7) is 2.62. The molecule has 0 bridgehead atoms. The topological polar surface area (TPSA) is 99.8 Å². The third-order valence-corrected chi connectivity index (χ3v) is 5.53. The van der Waals surface area contributed by atoms with Gasteiger partial charge in [-0.1, -0.05) is 5.16 Å². The second-order valence-corrected chi connectivity index (χ2v) is 7.82. The van der Waals surface area contributed by atoms with E-state index in [9.17, 15) is 4.79 Å². The number of methoxy groups -OCH3 is 2. The molecular formula is C21H28N4O5. The van der Waals surface area contributed by atoms with E-state index in [1.807, 2.05) is 0 Å². The molecule has 9 heteroatoms. The number of piperidine rings is 1. The van der Waals surface area contributed by atoms with Crippen LogP contribution in [0.5, 0.6) is 11.8 Å². The Morgan fingerprint density at radius 1 is 1.20 bits per heavy atom. The molecule has 4 rings (SSSR count). The van der Waals surface area contributed by atoms with Crippen LogP contribution in [0, 0.1) is 5.92 Å². The van der Waals surface area contributed by atoms with Crippen molar-refractivity contribution in [2.75, 3.05) is 40.5 Å². The Hall–Kier alpha value is -2.68. The number of carbonyl (C=O) groups is 1. The van der Waals surface area contributed by atoms with Crippen molar-refractivity contribution in [1.82, 2.24) is 20.0 Å². The number of aromatic nitrogens is 3. The highest BCUT2D eigenvalue weighted by Gasteiger charge is 2.30. The molecule has 0 aromatic carbocycles. The smallest absolute Gasteiger partial charge is 0.259 e. The summed E-state index contributed by atoms with van der Waals surface area (Å²) in [7, 11) is 3.02. The lowest BCUT2D eigenvalue weighted by molar-refractivity contribution is 0.0691. The van der Waals surface area contributed by atoms with Gasteiger partial charge < -0.3 is 23.6 Å². The van der Waals surface area contributed by atoms with Crippen LogP contribution in [0.3, 0.4) is 0 Å². The Morgan fingerprint density at radius 3 is 2.83 bits per heavy atom. The van der Waals surface area contributed by atoms with E-state index in [1.54, 1.807) is 17.0 Å². The molecular weight excluding hydrogens is 388 g/mol. The van der Waals surface area contributed by atoms with Crippen LogP contribution in [-0.2, 0) is 11.2 Å². The molecule has 2 aromatic rings. The number of pyridine rings is 1. The zero-order valence-corrected chi connectivity index (χ0v) is 17.5. The molecule has 9 nitrogen and oxygen atoms in total. The van der Waals surface area contributed by atoms with Crippen molar-refractivity contribution in [1.29, 1.82) is 0 Å². The first-order chi connectivity index (χ1) is 14.7. The van der Waals surface area contributed by atoms with E-state index in [2.05, 4.69) is 15.1 Å². The predicted molar refractivity (Wildman–Crippen MR) is 107 cm³/mol. The zero-order chi connectivity index (χ0) is 20.9. The molecule has 1 unspecified atom stereocenters. The van der Waals surface area contributed by atoms with Crippen LogP contribution in [0.15, 0.2) is 16.7 Å². The van der Waals surface area contributed by atoms with Crippen LogP contribution in [0.1, 0.15) is 53.7 Å². The number of nitrogens with zero attached hydrogens (tertiary/aromatic N) is 4. The average Bonchev–Trinajstić information content (AvgIpc) is 3.50. The maximum atomic E-state index is 13.1. The highest BCUT2D eigenvalue weighted by atomic mass is 16.5. The van der Waals surface area contributed by atoms with E-state index >= 15 is 0 Å².